The highest BCUT2D eigenvalue weighted by atomic mass is 35.5. The van der Waals surface area contributed by atoms with Gasteiger partial charge in [-0.25, -0.2) is 8.79 Å². The van der Waals surface area contributed by atoms with Gasteiger partial charge in [0.25, 0.3) is 5.56 Å². The molecule has 0 atom stereocenters. The van der Waals surface area contributed by atoms with Crippen LogP contribution < -0.4 is 10.1 Å². The quantitative estimate of drug-likeness (QED) is 0.553. The average Bonchev–Trinajstić information content (AvgIpc) is 3.12. The van der Waals surface area contributed by atoms with Crippen molar-refractivity contribution in [3.63, 3.8) is 0 Å². The Morgan fingerprint density at radius 3 is 2.46 bits per heavy atom. The van der Waals surface area contributed by atoms with Crippen molar-refractivity contribution >= 4 is 34.0 Å². The molecule has 2 heterocycles. The maximum Gasteiger partial charge on any atom is 0.276 e. The fourth-order valence-corrected chi connectivity index (χ4v) is 3.40. The lowest BCUT2D eigenvalue weighted by Gasteiger charge is -1.96. The molecule has 0 unspecified atom stereocenters. The summed E-state index contributed by atoms with van der Waals surface area (Å²) in [4.78, 5) is 13.2. The molecular weight excluding hydrogens is 349 g/mol. The molecule has 0 aliphatic rings. The van der Waals surface area contributed by atoms with E-state index in [1.54, 1.807) is 42.5 Å². The van der Waals surface area contributed by atoms with E-state index in [2.05, 4.69) is 10.2 Å². The Morgan fingerprint density at radius 1 is 1.04 bits per heavy atom. The predicted molar refractivity (Wildman–Crippen MR) is 92.8 cm³/mol. The highest BCUT2D eigenvalue weighted by Crippen LogP contribution is 2.20. The number of hydrogen-bond acceptors (Lipinski definition) is 4. The van der Waals surface area contributed by atoms with Gasteiger partial charge in [-0.2, -0.15) is 0 Å². The average molecular weight is 358 g/mol. The molecule has 118 valence electrons. The van der Waals surface area contributed by atoms with Crippen LogP contribution in [0.25, 0.3) is 22.4 Å². The zero-order valence-corrected chi connectivity index (χ0v) is 13.7. The van der Waals surface area contributed by atoms with E-state index < -0.39 is 0 Å². The van der Waals surface area contributed by atoms with Crippen LogP contribution in [0.2, 0.25) is 5.02 Å². The summed E-state index contributed by atoms with van der Waals surface area (Å²) in [6.07, 6.45) is 1.72. The molecule has 0 N–H and O–H groups in total. The summed E-state index contributed by atoms with van der Waals surface area (Å²) in [7, 11) is 0. The first-order chi connectivity index (χ1) is 11.6. The number of benzene rings is 2. The minimum absolute atomic E-state index is 0.200. The van der Waals surface area contributed by atoms with Crippen molar-refractivity contribution in [2.75, 3.05) is 0 Å². The molecule has 4 aromatic rings. The van der Waals surface area contributed by atoms with Crippen molar-refractivity contribution in [2.45, 2.75) is 0 Å². The standard InChI is InChI=1S/C17H9ClFN3OS/c18-12-5-3-11(4-6-12)15-20-21-17-22(15)16(23)14(24-17)9-10-1-7-13(19)8-2-10/h1-9H/b14-9+. The summed E-state index contributed by atoms with van der Waals surface area (Å²) in [5.41, 5.74) is 1.31. The molecule has 0 saturated heterocycles. The Labute approximate surface area is 144 Å². The molecule has 0 aliphatic carbocycles. The highest BCUT2D eigenvalue weighted by Gasteiger charge is 2.14. The predicted octanol–water partition coefficient (Wildman–Crippen LogP) is 3.16. The second kappa shape index (κ2) is 5.81. The molecule has 0 spiro atoms. The van der Waals surface area contributed by atoms with Gasteiger partial charge in [-0.05, 0) is 48.0 Å². The molecule has 2 aromatic carbocycles. The summed E-state index contributed by atoms with van der Waals surface area (Å²) in [6, 6.07) is 13.0. The van der Waals surface area contributed by atoms with Crippen LogP contribution in [0.5, 0.6) is 0 Å². The number of halogens is 2. The normalized spacial score (nSPS) is 12.2. The van der Waals surface area contributed by atoms with Gasteiger partial charge in [-0.15, -0.1) is 10.2 Å². The van der Waals surface area contributed by atoms with Gasteiger partial charge in [0, 0.05) is 10.6 Å². The molecule has 2 aromatic heterocycles. The maximum atomic E-state index is 13.0. The number of aromatic nitrogens is 3. The first-order valence-electron chi connectivity index (χ1n) is 7.03. The Morgan fingerprint density at radius 2 is 1.75 bits per heavy atom. The van der Waals surface area contributed by atoms with Crippen LogP contribution >= 0.6 is 22.9 Å². The third-order valence-corrected chi connectivity index (χ3v) is 4.73. The molecule has 0 aliphatic heterocycles. The van der Waals surface area contributed by atoms with Crippen molar-refractivity contribution < 1.29 is 4.39 Å². The Bertz CT molecular complexity index is 1130. The molecule has 0 radical (unpaired) electrons. The van der Waals surface area contributed by atoms with E-state index in [0.717, 1.165) is 11.1 Å². The molecule has 24 heavy (non-hydrogen) atoms. The van der Waals surface area contributed by atoms with Crippen LogP contribution in [0.4, 0.5) is 4.39 Å². The van der Waals surface area contributed by atoms with Gasteiger partial charge < -0.3 is 0 Å². The van der Waals surface area contributed by atoms with E-state index in [1.165, 1.54) is 27.9 Å². The molecule has 4 rings (SSSR count). The molecule has 0 bridgehead atoms. The van der Waals surface area contributed by atoms with Crippen molar-refractivity contribution in [3.05, 3.63) is 79.8 Å². The van der Waals surface area contributed by atoms with Crippen LogP contribution in [0.1, 0.15) is 5.56 Å². The minimum atomic E-state index is -0.315. The Kier molecular flexibility index (Phi) is 3.63. The first-order valence-corrected chi connectivity index (χ1v) is 8.22. The summed E-state index contributed by atoms with van der Waals surface area (Å²) < 4.78 is 15.0. The smallest absolute Gasteiger partial charge is 0.267 e. The summed E-state index contributed by atoms with van der Waals surface area (Å²) in [5.74, 6) is 0.159. The third kappa shape index (κ3) is 2.60. The van der Waals surface area contributed by atoms with E-state index in [4.69, 9.17) is 11.6 Å². The van der Waals surface area contributed by atoms with Gasteiger partial charge in [0.2, 0.25) is 4.96 Å². The monoisotopic (exact) mass is 357 g/mol. The lowest BCUT2D eigenvalue weighted by Crippen LogP contribution is -2.23. The highest BCUT2D eigenvalue weighted by molar-refractivity contribution is 7.15. The number of hydrogen-bond donors (Lipinski definition) is 0. The zero-order valence-electron chi connectivity index (χ0n) is 12.1. The Balaban J connectivity index is 1.89. The first kappa shape index (κ1) is 15.0. The van der Waals surface area contributed by atoms with Gasteiger partial charge in [0.15, 0.2) is 5.82 Å². The van der Waals surface area contributed by atoms with Crippen molar-refractivity contribution in [1.82, 2.24) is 14.6 Å². The lowest BCUT2D eigenvalue weighted by molar-refractivity contribution is 0.628. The number of fused-ring (bicyclic) bond motifs is 1. The van der Waals surface area contributed by atoms with E-state index in [1.807, 2.05) is 0 Å². The maximum absolute atomic E-state index is 13.0. The fourth-order valence-electron chi connectivity index (χ4n) is 2.36. The molecular formula is C17H9ClFN3OS. The van der Waals surface area contributed by atoms with Crippen molar-refractivity contribution in [1.29, 1.82) is 0 Å². The molecule has 7 heteroatoms. The van der Waals surface area contributed by atoms with E-state index in [-0.39, 0.29) is 11.4 Å². The fraction of sp³-hybridized carbons (Fsp3) is 0. The lowest BCUT2D eigenvalue weighted by atomic mass is 10.2. The van der Waals surface area contributed by atoms with Crippen LogP contribution in [-0.4, -0.2) is 14.6 Å². The minimum Gasteiger partial charge on any atom is -0.267 e. The van der Waals surface area contributed by atoms with Crippen molar-refractivity contribution in [3.8, 4) is 11.4 Å². The van der Waals surface area contributed by atoms with Crippen LogP contribution in [0.15, 0.2) is 53.3 Å². The second-order valence-electron chi connectivity index (χ2n) is 5.12. The van der Waals surface area contributed by atoms with Gasteiger partial charge in [-0.3, -0.25) is 4.79 Å². The summed E-state index contributed by atoms with van der Waals surface area (Å²) >= 11 is 7.14. The molecule has 0 fully saturated rings. The van der Waals surface area contributed by atoms with Crippen LogP contribution in [0, 0.1) is 5.82 Å². The van der Waals surface area contributed by atoms with Crippen LogP contribution in [0.3, 0.4) is 0 Å². The van der Waals surface area contributed by atoms with E-state index in [0.29, 0.717) is 20.3 Å². The van der Waals surface area contributed by atoms with Gasteiger partial charge in [-0.1, -0.05) is 35.1 Å². The summed E-state index contributed by atoms with van der Waals surface area (Å²) in [6.45, 7) is 0. The summed E-state index contributed by atoms with van der Waals surface area (Å²) in [5, 5.41) is 8.77. The van der Waals surface area contributed by atoms with Gasteiger partial charge in [0.05, 0.1) is 4.53 Å². The number of rotatable bonds is 2. The molecule has 0 amide bonds. The third-order valence-electron chi connectivity index (χ3n) is 3.52. The number of thiazole rings is 1. The van der Waals surface area contributed by atoms with Gasteiger partial charge >= 0.3 is 0 Å². The largest absolute Gasteiger partial charge is 0.276 e. The zero-order chi connectivity index (χ0) is 16.7. The topological polar surface area (TPSA) is 47.3 Å². The number of nitrogens with zero attached hydrogens (tertiary/aromatic N) is 3. The van der Waals surface area contributed by atoms with Gasteiger partial charge in [0.1, 0.15) is 5.82 Å². The molecule has 0 saturated carbocycles. The second-order valence-corrected chi connectivity index (χ2v) is 6.56. The SMILES string of the molecule is O=c1/c(=C\c2ccc(F)cc2)sc2nnc(-c3ccc(Cl)cc3)n12. The van der Waals surface area contributed by atoms with Crippen molar-refractivity contribution in [2.24, 2.45) is 0 Å². The van der Waals surface area contributed by atoms with E-state index in [9.17, 15) is 9.18 Å². The van der Waals surface area contributed by atoms with Crippen LogP contribution in [-0.2, 0) is 0 Å². The molecule has 4 nitrogen and oxygen atoms in total. The Hall–Kier alpha value is -2.57. The van der Waals surface area contributed by atoms with E-state index >= 15 is 0 Å².